The van der Waals surface area contributed by atoms with Gasteiger partial charge in [0, 0.05) is 58.4 Å². The highest BCUT2D eigenvalue weighted by Gasteiger charge is 2.44. The summed E-state index contributed by atoms with van der Waals surface area (Å²) < 4.78 is 47.7. The van der Waals surface area contributed by atoms with Gasteiger partial charge in [0.15, 0.2) is 0 Å². The molecule has 1 aromatic heterocycles. The summed E-state index contributed by atoms with van der Waals surface area (Å²) in [5, 5.41) is 36.2. The van der Waals surface area contributed by atoms with E-state index in [0.29, 0.717) is 88.0 Å². The van der Waals surface area contributed by atoms with Gasteiger partial charge in [-0.3, -0.25) is 38.5 Å². The van der Waals surface area contributed by atoms with Gasteiger partial charge in [0.25, 0.3) is 0 Å². The molecule has 1 fully saturated rings. The molecular formula is C85H134N14O18S. The second kappa shape index (κ2) is 53.1. The third kappa shape index (κ3) is 33.2. The number of thioether (sulfide) groups is 1. The molecule has 10 amide bonds. The summed E-state index contributed by atoms with van der Waals surface area (Å²) in [7, 11) is 6.09. The van der Waals surface area contributed by atoms with Gasteiger partial charge in [0.2, 0.25) is 41.4 Å². The van der Waals surface area contributed by atoms with Gasteiger partial charge >= 0.3 is 12.1 Å². The third-order valence-electron chi connectivity index (χ3n) is 20.9. The van der Waals surface area contributed by atoms with Gasteiger partial charge in [-0.05, 0) is 104 Å². The van der Waals surface area contributed by atoms with E-state index in [4.69, 9.17) is 49.4 Å². The van der Waals surface area contributed by atoms with Crippen molar-refractivity contribution in [3.63, 3.8) is 0 Å². The number of aliphatic hydroxyl groups is 1. The number of nitrogens with two attached hydrogens (primary N) is 2. The first-order valence-corrected chi connectivity index (χ1v) is 42.1. The van der Waals surface area contributed by atoms with E-state index >= 15 is 0 Å². The van der Waals surface area contributed by atoms with Crippen molar-refractivity contribution in [2.24, 2.45) is 41.1 Å². The Labute approximate surface area is 701 Å². The zero-order valence-corrected chi connectivity index (χ0v) is 72.7. The van der Waals surface area contributed by atoms with Gasteiger partial charge in [-0.1, -0.05) is 155 Å². The maximum atomic E-state index is 14.9. The number of carbonyl (C=O) groups is 9. The Kier molecular flexibility index (Phi) is 45.0. The standard InChI is InChI=1S/C85H134N14O18S/c1-17-19-29-70(86)118-60(12)62-32-36-66(37-33-62)99-51-65(94-95-99)53-116-49-48-115-47-46-114-45-44-113-43-42-112-41-38-71(100)92-73(54(3)4)81(105)91-67(27-23-39-88-84(87)108)80(104)90-64-34-30-61(31-35-64)52-117-85(109)97(14)75(56(7)8)82(106)93-74(55(5)6)83(107)96(13)76(57(9)18-2)69(110-15)50-72(101)98-40-24-28-68(98)78(111-16)58(10)79(103)89-59(11)77(102)63-25-21-20-22-26-63/h20-22,25-26,30-37,51,54-59,67-70,73-78,102H,12,17-19,23-24,27-29,38-50,52-53,86H2,1-11,13-16H3,(H,89,103)(H,90,104)(H,91,105)(H,92,100)(H,93,106)(H3,87,88,108)/t57-,58+,59+,67-,68-,69+,70?,73-,74?,75-,76-,77+,78+/m0/s1. The summed E-state index contributed by atoms with van der Waals surface area (Å²) in [6.07, 6.45) is 3.80. The lowest BCUT2D eigenvalue weighted by Gasteiger charge is -2.41. The number of nitrogens with zero attached hydrogens (tertiary/aromatic N) is 6. The Bertz CT molecular complexity index is 3710. The van der Waals surface area contributed by atoms with Crippen molar-refractivity contribution in [1.82, 2.24) is 56.3 Å². The molecule has 1 saturated heterocycles. The maximum absolute atomic E-state index is 14.9. The fourth-order valence-corrected chi connectivity index (χ4v) is 14.8. The number of carbonyl (C=O) groups excluding carboxylic acids is 9. The van der Waals surface area contributed by atoms with Crippen molar-refractivity contribution in [2.45, 2.75) is 220 Å². The van der Waals surface area contributed by atoms with Crippen LogP contribution in [0.2, 0.25) is 0 Å². The Morgan fingerprint density at radius 3 is 1.87 bits per heavy atom. The highest BCUT2D eigenvalue weighted by molar-refractivity contribution is 8.08. The van der Waals surface area contributed by atoms with Crippen LogP contribution in [0.5, 0.6) is 0 Å². The number of likely N-dealkylation sites (tertiary alicyclic amines) is 1. The number of methoxy groups -OCH3 is 2. The van der Waals surface area contributed by atoms with E-state index in [-0.39, 0.29) is 88.4 Å². The summed E-state index contributed by atoms with van der Waals surface area (Å²) in [4.78, 5) is 129. The average Bonchev–Trinajstić information content (AvgIpc) is 1.74. The number of hydrogen-bond acceptors (Lipinski definition) is 22. The van der Waals surface area contributed by atoms with Gasteiger partial charge in [0.05, 0.1) is 132 Å². The van der Waals surface area contributed by atoms with Gasteiger partial charge in [-0.15, -0.1) is 16.9 Å². The van der Waals surface area contributed by atoms with Crippen LogP contribution in [0.1, 0.15) is 169 Å². The van der Waals surface area contributed by atoms with Crippen LogP contribution in [0.25, 0.3) is 10.6 Å². The highest BCUT2D eigenvalue weighted by Crippen LogP contribution is 2.33. The molecule has 0 saturated carbocycles. The number of urea groups is 1. The number of hydrogen-bond donors (Lipinski definition) is 9. The van der Waals surface area contributed by atoms with Crippen molar-refractivity contribution >= 4 is 75.8 Å². The molecular weight excluding hydrogens is 1540 g/mol. The van der Waals surface area contributed by atoms with Crippen LogP contribution >= 0.6 is 11.8 Å². The molecule has 118 heavy (non-hydrogen) atoms. The lowest BCUT2D eigenvalue weighted by Crippen LogP contribution is -2.60. The van der Waals surface area contributed by atoms with Gasteiger partial charge in [-0.25, -0.2) is 14.3 Å². The minimum absolute atomic E-state index is 0.0219. The molecule has 1 aliphatic rings. The first-order valence-electron chi connectivity index (χ1n) is 41.3. The molecule has 0 radical (unpaired) electrons. The van der Waals surface area contributed by atoms with E-state index in [1.54, 1.807) is 125 Å². The minimum Gasteiger partial charge on any atom is -0.445 e. The van der Waals surface area contributed by atoms with E-state index in [2.05, 4.69) is 55.7 Å². The number of aromatic nitrogens is 3. The first-order chi connectivity index (χ1) is 56.3. The van der Waals surface area contributed by atoms with Crippen LogP contribution in [0.15, 0.2) is 91.6 Å². The number of amides is 10. The molecule has 658 valence electrons. The Hall–Kier alpha value is -8.64. The van der Waals surface area contributed by atoms with Crippen LogP contribution < -0.4 is 43.4 Å². The molecule has 1 aliphatic heterocycles. The van der Waals surface area contributed by atoms with Crippen molar-refractivity contribution in [3.8, 4) is 5.69 Å². The fourth-order valence-electron chi connectivity index (χ4n) is 13.9. The lowest BCUT2D eigenvalue weighted by atomic mass is 9.89. The predicted molar refractivity (Wildman–Crippen MR) is 452 cm³/mol. The summed E-state index contributed by atoms with van der Waals surface area (Å²) in [5.74, 6) is -5.37. The number of benzene rings is 3. The molecule has 5 rings (SSSR count). The number of nitrogens with one attached hydrogen (secondary N) is 6. The summed E-state index contributed by atoms with van der Waals surface area (Å²) >= 11 is 1.59. The van der Waals surface area contributed by atoms with Gasteiger partial charge in [-0.2, -0.15) is 0 Å². The Morgan fingerprint density at radius 1 is 0.678 bits per heavy atom. The number of likely N-dealkylation sites (N-methyl/N-ethyl adjacent to an activating group) is 2. The topological polar surface area (TPSA) is 412 Å². The Morgan fingerprint density at radius 2 is 1.30 bits per heavy atom. The van der Waals surface area contributed by atoms with Crippen LogP contribution in [-0.4, -0.2) is 249 Å². The van der Waals surface area contributed by atoms with E-state index < -0.39 is 126 Å². The van der Waals surface area contributed by atoms with E-state index in [9.17, 15) is 48.3 Å². The number of unbranched alkanes of at least 4 members (excludes halogenated alkanes) is 1. The second-order valence-electron chi connectivity index (χ2n) is 31.0. The molecule has 0 aliphatic carbocycles. The van der Waals surface area contributed by atoms with Crippen molar-refractivity contribution < 1.29 is 86.2 Å². The molecule has 2 heterocycles. The lowest BCUT2D eigenvalue weighted by molar-refractivity contribution is -0.148. The number of aliphatic hydroxyl groups excluding tert-OH is 1. The monoisotopic (exact) mass is 1670 g/mol. The molecule has 2 unspecified atom stereocenters. The largest absolute Gasteiger partial charge is 0.445 e. The van der Waals surface area contributed by atoms with Gasteiger partial charge < -0.3 is 96.2 Å². The summed E-state index contributed by atoms with van der Waals surface area (Å²) in [5.41, 5.74) is 15.6. The number of primary amides is 1. The van der Waals surface area contributed by atoms with E-state index in [1.165, 1.54) is 26.2 Å². The van der Waals surface area contributed by atoms with Gasteiger partial charge in [0.1, 0.15) is 36.5 Å². The van der Waals surface area contributed by atoms with Crippen molar-refractivity contribution in [2.75, 3.05) is 106 Å². The first kappa shape index (κ1) is 99.9. The minimum atomic E-state index is -1.12. The maximum Gasteiger partial charge on any atom is 0.410 e. The van der Waals surface area contributed by atoms with E-state index in [1.807, 2.05) is 62.5 Å². The predicted octanol–water partition coefficient (Wildman–Crippen LogP) is 8.02. The highest BCUT2D eigenvalue weighted by atomic mass is 32.2. The molecule has 32 nitrogen and oxygen atoms in total. The van der Waals surface area contributed by atoms with Crippen LogP contribution in [0.3, 0.4) is 0 Å². The molecule has 4 aromatic rings. The molecule has 33 heteroatoms. The average molecular weight is 1670 g/mol. The molecule has 0 bridgehead atoms. The normalized spacial score (nSPS) is 15.9. The number of rotatable bonds is 56. The zero-order valence-electron chi connectivity index (χ0n) is 71.9. The fraction of sp³-hybridized carbons (Fsp3) is 0.635. The number of anilines is 1. The molecule has 0 spiro atoms. The van der Waals surface area contributed by atoms with Crippen LogP contribution in [0.4, 0.5) is 15.3 Å². The summed E-state index contributed by atoms with van der Waals surface area (Å²) in [6.45, 7) is 27.7. The third-order valence-corrected chi connectivity index (χ3v) is 21.9. The summed E-state index contributed by atoms with van der Waals surface area (Å²) in [6, 6.07) is 16.7. The zero-order chi connectivity index (χ0) is 87.0. The van der Waals surface area contributed by atoms with Crippen LogP contribution in [0, 0.1) is 29.6 Å². The molecule has 13 atom stereocenters. The number of ether oxygens (including phenoxy) is 8. The second-order valence-corrected chi connectivity index (χ2v) is 32.3. The molecule has 11 N–H and O–H groups in total. The Balaban J connectivity index is 1.03. The SMILES string of the molecule is C=C(SC(N)CCCC)c1ccc(-n2cc(COCCOCCOCCOCCOCCC(=O)N[C@H](C(=O)N[C@@H](CCCNC(N)=O)C(=O)Nc3ccc(COC(=O)N(C)[C@H](C(=O)NC(C(=O)N(C)[C@@H]([C@@H](C)CC)[C@@H](CC(=O)N4CCC[C@H]4[C@H](OC)[C@@H](C)C(=O)N[C@H](C)[C@@H](O)c4ccccc4)OC)C(C)C)C(C)C)cc3)C(C)C)nn2)cc1. The van der Waals surface area contributed by atoms with Crippen molar-refractivity contribution in [1.29, 1.82) is 0 Å². The van der Waals surface area contributed by atoms with E-state index in [0.717, 1.165) is 35.4 Å². The van der Waals surface area contributed by atoms with Crippen molar-refractivity contribution in [3.05, 3.63) is 114 Å². The quantitative estimate of drug-likeness (QED) is 0.0149. The molecule has 3 aromatic carbocycles. The van der Waals surface area contributed by atoms with Crippen LogP contribution in [-0.2, 0) is 84.7 Å². The smallest absolute Gasteiger partial charge is 0.410 e.